The van der Waals surface area contributed by atoms with Gasteiger partial charge in [-0.15, -0.1) is 0 Å². The van der Waals surface area contributed by atoms with Crippen molar-refractivity contribution < 1.29 is 5.11 Å². The second-order valence-corrected chi connectivity index (χ2v) is 5.49. The van der Waals surface area contributed by atoms with E-state index in [1.54, 1.807) is 6.20 Å². The Bertz CT molecular complexity index is 750. The highest BCUT2D eigenvalue weighted by Gasteiger charge is 2.41. The molecule has 0 fully saturated rings. The molecule has 3 aromatic rings. The van der Waals surface area contributed by atoms with Crippen molar-refractivity contribution in [2.45, 2.75) is 12.0 Å². The van der Waals surface area contributed by atoms with Gasteiger partial charge in [-0.05, 0) is 33.9 Å². The van der Waals surface area contributed by atoms with Gasteiger partial charge in [-0.1, -0.05) is 54.6 Å². The van der Waals surface area contributed by atoms with E-state index in [0.717, 1.165) is 27.8 Å². The molecule has 0 aliphatic heterocycles. The molecular weight excluding hydrogens is 258 g/mol. The van der Waals surface area contributed by atoms with E-state index in [2.05, 4.69) is 17.1 Å². The van der Waals surface area contributed by atoms with Gasteiger partial charge in [0.25, 0.3) is 0 Å². The second-order valence-electron chi connectivity index (χ2n) is 5.49. The van der Waals surface area contributed by atoms with Gasteiger partial charge in [0, 0.05) is 18.8 Å². The Kier molecular flexibility index (Phi) is 2.66. The zero-order valence-corrected chi connectivity index (χ0v) is 11.5. The predicted molar refractivity (Wildman–Crippen MR) is 82.8 cm³/mol. The number of benzene rings is 2. The Morgan fingerprint density at radius 2 is 1.43 bits per heavy atom. The normalized spacial score (nSPS) is 14.5. The SMILES string of the molecule is OC1(Cc2cccnc2)c2ccccc2-c2ccccc21. The fourth-order valence-corrected chi connectivity index (χ4v) is 3.29. The standard InChI is InChI=1S/C19H15NO/c21-19(12-14-6-5-11-20-13-14)17-9-3-1-7-15(17)16-8-2-4-10-18(16)19/h1-11,13,21H,12H2. The van der Waals surface area contributed by atoms with Gasteiger partial charge in [0.05, 0.1) is 0 Å². The lowest BCUT2D eigenvalue weighted by Crippen LogP contribution is -2.27. The summed E-state index contributed by atoms with van der Waals surface area (Å²) in [4.78, 5) is 4.16. The van der Waals surface area contributed by atoms with Crippen molar-refractivity contribution in [3.63, 3.8) is 0 Å². The highest BCUT2D eigenvalue weighted by Crippen LogP contribution is 2.48. The molecule has 1 aromatic heterocycles. The molecule has 0 atom stereocenters. The number of aliphatic hydroxyl groups is 1. The van der Waals surface area contributed by atoms with Gasteiger partial charge < -0.3 is 5.11 Å². The number of pyridine rings is 1. The van der Waals surface area contributed by atoms with Crippen molar-refractivity contribution in [3.8, 4) is 11.1 Å². The van der Waals surface area contributed by atoms with Crippen LogP contribution in [0.1, 0.15) is 16.7 Å². The zero-order chi connectivity index (χ0) is 14.3. The van der Waals surface area contributed by atoms with Crippen LogP contribution in [0.3, 0.4) is 0 Å². The number of aromatic nitrogens is 1. The third kappa shape index (κ3) is 1.80. The first-order chi connectivity index (χ1) is 10.3. The minimum Gasteiger partial charge on any atom is -0.380 e. The Hall–Kier alpha value is -2.45. The van der Waals surface area contributed by atoms with Crippen LogP contribution in [0.15, 0.2) is 73.1 Å². The second kappa shape index (κ2) is 4.54. The fraction of sp³-hybridized carbons (Fsp3) is 0.105. The van der Waals surface area contributed by atoms with E-state index in [4.69, 9.17) is 0 Å². The maximum atomic E-state index is 11.4. The Morgan fingerprint density at radius 3 is 2.00 bits per heavy atom. The van der Waals surface area contributed by atoms with Crippen LogP contribution in [0.4, 0.5) is 0 Å². The van der Waals surface area contributed by atoms with Gasteiger partial charge in [0.15, 0.2) is 0 Å². The number of nitrogens with zero attached hydrogens (tertiary/aromatic N) is 1. The third-order valence-corrected chi connectivity index (χ3v) is 4.22. The maximum absolute atomic E-state index is 11.4. The average molecular weight is 273 g/mol. The molecule has 0 amide bonds. The molecule has 0 radical (unpaired) electrons. The monoisotopic (exact) mass is 273 g/mol. The quantitative estimate of drug-likeness (QED) is 0.774. The third-order valence-electron chi connectivity index (χ3n) is 4.22. The highest BCUT2D eigenvalue weighted by molar-refractivity contribution is 5.80. The summed E-state index contributed by atoms with van der Waals surface area (Å²) in [5, 5.41) is 11.4. The molecule has 0 bridgehead atoms. The minimum atomic E-state index is -0.976. The molecule has 2 heteroatoms. The molecule has 21 heavy (non-hydrogen) atoms. The van der Waals surface area contributed by atoms with Crippen molar-refractivity contribution in [3.05, 3.63) is 89.7 Å². The summed E-state index contributed by atoms with van der Waals surface area (Å²) in [6.45, 7) is 0. The van der Waals surface area contributed by atoms with Crippen LogP contribution in [0.2, 0.25) is 0 Å². The predicted octanol–water partition coefficient (Wildman–Crippen LogP) is 3.54. The first-order valence-electron chi connectivity index (χ1n) is 7.10. The summed E-state index contributed by atoms with van der Waals surface area (Å²) < 4.78 is 0. The summed E-state index contributed by atoms with van der Waals surface area (Å²) in [6.07, 6.45) is 4.11. The smallest absolute Gasteiger partial charge is 0.120 e. The van der Waals surface area contributed by atoms with Crippen molar-refractivity contribution >= 4 is 0 Å². The van der Waals surface area contributed by atoms with Crippen LogP contribution < -0.4 is 0 Å². The summed E-state index contributed by atoms with van der Waals surface area (Å²) >= 11 is 0. The van der Waals surface area contributed by atoms with Crippen molar-refractivity contribution in [1.29, 1.82) is 0 Å². The van der Waals surface area contributed by atoms with Gasteiger partial charge in [0.1, 0.15) is 5.60 Å². The summed E-state index contributed by atoms with van der Waals surface area (Å²) in [7, 11) is 0. The largest absolute Gasteiger partial charge is 0.380 e. The Morgan fingerprint density at radius 1 is 0.810 bits per heavy atom. The van der Waals surface area contributed by atoms with E-state index in [1.165, 1.54) is 0 Å². The van der Waals surface area contributed by atoms with Crippen LogP contribution in [-0.4, -0.2) is 10.1 Å². The fourth-order valence-electron chi connectivity index (χ4n) is 3.29. The molecule has 0 spiro atoms. The van der Waals surface area contributed by atoms with Crippen molar-refractivity contribution in [2.75, 3.05) is 0 Å². The number of rotatable bonds is 2. The average Bonchev–Trinajstić information content (AvgIpc) is 2.79. The lowest BCUT2D eigenvalue weighted by atomic mass is 9.86. The summed E-state index contributed by atoms with van der Waals surface area (Å²) in [5.74, 6) is 0. The zero-order valence-electron chi connectivity index (χ0n) is 11.5. The molecule has 1 heterocycles. The van der Waals surface area contributed by atoms with Gasteiger partial charge in [-0.2, -0.15) is 0 Å². The van der Waals surface area contributed by atoms with Gasteiger partial charge in [-0.25, -0.2) is 0 Å². The van der Waals surface area contributed by atoms with Crippen molar-refractivity contribution in [1.82, 2.24) is 4.98 Å². The summed E-state index contributed by atoms with van der Waals surface area (Å²) in [6, 6.07) is 20.1. The molecule has 1 aliphatic carbocycles. The Labute approximate surface area is 123 Å². The van der Waals surface area contributed by atoms with E-state index in [0.29, 0.717) is 6.42 Å². The minimum absolute atomic E-state index is 0.537. The molecule has 2 aromatic carbocycles. The van der Waals surface area contributed by atoms with Crippen molar-refractivity contribution in [2.24, 2.45) is 0 Å². The van der Waals surface area contributed by atoms with Gasteiger partial charge >= 0.3 is 0 Å². The van der Waals surface area contributed by atoms with E-state index in [1.807, 2.05) is 54.7 Å². The van der Waals surface area contributed by atoms with E-state index >= 15 is 0 Å². The maximum Gasteiger partial charge on any atom is 0.120 e. The van der Waals surface area contributed by atoms with E-state index in [-0.39, 0.29) is 0 Å². The molecule has 4 rings (SSSR count). The van der Waals surface area contributed by atoms with Crippen LogP contribution in [0.25, 0.3) is 11.1 Å². The first kappa shape index (κ1) is 12.3. The molecule has 1 aliphatic rings. The topological polar surface area (TPSA) is 33.1 Å². The first-order valence-corrected chi connectivity index (χ1v) is 7.10. The van der Waals surface area contributed by atoms with Crippen LogP contribution in [0, 0.1) is 0 Å². The molecule has 1 N–H and O–H groups in total. The molecule has 0 saturated heterocycles. The molecule has 0 unspecified atom stereocenters. The van der Waals surface area contributed by atoms with Crippen LogP contribution >= 0.6 is 0 Å². The van der Waals surface area contributed by atoms with E-state index in [9.17, 15) is 5.11 Å². The molecule has 0 saturated carbocycles. The lowest BCUT2D eigenvalue weighted by molar-refractivity contribution is 0.0859. The molecular formula is C19H15NO. The van der Waals surface area contributed by atoms with Crippen LogP contribution in [-0.2, 0) is 12.0 Å². The van der Waals surface area contributed by atoms with Gasteiger partial charge in [0.2, 0.25) is 0 Å². The molecule has 2 nitrogen and oxygen atoms in total. The molecule has 102 valence electrons. The van der Waals surface area contributed by atoms with Crippen LogP contribution in [0.5, 0.6) is 0 Å². The lowest BCUT2D eigenvalue weighted by Gasteiger charge is -2.25. The summed E-state index contributed by atoms with van der Waals surface area (Å²) in [5.41, 5.74) is 4.27. The van der Waals surface area contributed by atoms with Gasteiger partial charge in [-0.3, -0.25) is 4.98 Å². The Balaban J connectivity index is 1.92. The number of fused-ring (bicyclic) bond motifs is 3. The number of hydrogen-bond acceptors (Lipinski definition) is 2. The number of hydrogen-bond donors (Lipinski definition) is 1. The highest BCUT2D eigenvalue weighted by atomic mass is 16.3. The van der Waals surface area contributed by atoms with E-state index < -0.39 is 5.60 Å².